The number of nitrogens with two attached hydrogens (primary N) is 1. The molecule has 80 valence electrons. The summed E-state index contributed by atoms with van der Waals surface area (Å²) in [4.78, 5) is 0.965. The summed E-state index contributed by atoms with van der Waals surface area (Å²) >= 11 is 7.84. The number of aliphatic hydroxyl groups is 1. The second-order valence-electron chi connectivity index (χ2n) is 3.40. The highest BCUT2D eigenvalue weighted by Crippen LogP contribution is 2.38. The third-order valence-electron chi connectivity index (χ3n) is 2.34. The highest BCUT2D eigenvalue weighted by molar-refractivity contribution is 7.19. The van der Waals surface area contributed by atoms with Gasteiger partial charge in [-0.25, -0.2) is 0 Å². The highest BCUT2D eigenvalue weighted by atomic mass is 35.5. The molecule has 2 rings (SSSR count). The lowest BCUT2D eigenvalue weighted by Crippen LogP contribution is -2.10. The van der Waals surface area contributed by atoms with Crippen molar-refractivity contribution >= 4 is 33.0 Å². The number of halogens is 1. The summed E-state index contributed by atoms with van der Waals surface area (Å²) in [5.41, 5.74) is 5.94. The fraction of sp³-hybridized carbons (Fsp3) is 0.273. The summed E-state index contributed by atoms with van der Waals surface area (Å²) < 4.78 is 1.14. The number of thiophene rings is 1. The quantitative estimate of drug-likeness (QED) is 0.868. The number of aliphatic hydroxyl groups excluding tert-OH is 1. The Labute approximate surface area is 97.3 Å². The lowest BCUT2D eigenvalue weighted by molar-refractivity contribution is 0.277. The second-order valence-corrected chi connectivity index (χ2v) is 4.86. The fourth-order valence-electron chi connectivity index (χ4n) is 1.54. The molecule has 15 heavy (non-hydrogen) atoms. The minimum Gasteiger partial charge on any atom is -0.396 e. The standard InChI is InChI=1S/C11H12ClNOS/c12-10-7-3-1-2-4-9(7)15-11(10)8(13)5-6-14/h1-4,8,14H,5-6,13H2. The van der Waals surface area contributed by atoms with Crippen molar-refractivity contribution in [3.63, 3.8) is 0 Å². The molecule has 2 aromatic rings. The number of benzene rings is 1. The van der Waals surface area contributed by atoms with Gasteiger partial charge in [0, 0.05) is 27.6 Å². The molecular formula is C11H12ClNOS. The van der Waals surface area contributed by atoms with Gasteiger partial charge in [0.05, 0.1) is 5.02 Å². The maximum atomic E-state index is 8.85. The van der Waals surface area contributed by atoms with Crippen LogP contribution in [0.15, 0.2) is 24.3 Å². The largest absolute Gasteiger partial charge is 0.396 e. The van der Waals surface area contributed by atoms with Crippen LogP contribution in [0.3, 0.4) is 0 Å². The van der Waals surface area contributed by atoms with E-state index in [2.05, 4.69) is 0 Å². The van der Waals surface area contributed by atoms with E-state index in [1.54, 1.807) is 11.3 Å². The third kappa shape index (κ3) is 2.01. The summed E-state index contributed by atoms with van der Waals surface area (Å²) in [6.45, 7) is 0.0890. The van der Waals surface area contributed by atoms with Crippen LogP contribution in [0.4, 0.5) is 0 Å². The van der Waals surface area contributed by atoms with Crippen molar-refractivity contribution in [2.75, 3.05) is 6.61 Å². The Kier molecular flexibility index (Phi) is 3.26. The van der Waals surface area contributed by atoms with Gasteiger partial charge in [-0.05, 0) is 12.5 Å². The molecule has 0 amide bonds. The van der Waals surface area contributed by atoms with Crippen LogP contribution in [0.1, 0.15) is 17.3 Å². The molecule has 4 heteroatoms. The molecule has 0 saturated heterocycles. The summed E-state index contributed by atoms with van der Waals surface area (Å²) in [6, 6.07) is 7.79. The first-order valence-corrected chi connectivity index (χ1v) is 5.97. The van der Waals surface area contributed by atoms with E-state index in [9.17, 15) is 0 Å². The molecule has 0 saturated carbocycles. The Morgan fingerprint density at radius 2 is 2.13 bits per heavy atom. The van der Waals surface area contributed by atoms with E-state index in [0.717, 1.165) is 20.0 Å². The van der Waals surface area contributed by atoms with Crippen LogP contribution >= 0.6 is 22.9 Å². The maximum Gasteiger partial charge on any atom is 0.0639 e. The molecule has 0 aliphatic heterocycles. The Morgan fingerprint density at radius 3 is 2.80 bits per heavy atom. The van der Waals surface area contributed by atoms with Gasteiger partial charge >= 0.3 is 0 Å². The van der Waals surface area contributed by atoms with E-state index in [0.29, 0.717) is 6.42 Å². The number of hydrogen-bond donors (Lipinski definition) is 2. The van der Waals surface area contributed by atoms with E-state index in [1.165, 1.54) is 0 Å². The molecule has 1 aromatic heterocycles. The molecule has 0 aliphatic rings. The monoisotopic (exact) mass is 241 g/mol. The fourth-order valence-corrected chi connectivity index (χ4v) is 3.15. The topological polar surface area (TPSA) is 46.2 Å². The van der Waals surface area contributed by atoms with Gasteiger partial charge in [0.15, 0.2) is 0 Å². The van der Waals surface area contributed by atoms with Gasteiger partial charge in [0.1, 0.15) is 0 Å². The average molecular weight is 242 g/mol. The van der Waals surface area contributed by atoms with Crippen LogP contribution < -0.4 is 5.73 Å². The molecule has 0 fully saturated rings. The van der Waals surface area contributed by atoms with E-state index in [1.807, 2.05) is 24.3 Å². The Bertz CT molecular complexity index is 469. The van der Waals surface area contributed by atoms with Gasteiger partial charge in [0.2, 0.25) is 0 Å². The van der Waals surface area contributed by atoms with Crippen molar-refractivity contribution in [3.8, 4) is 0 Å². The van der Waals surface area contributed by atoms with Crippen LogP contribution in [-0.4, -0.2) is 11.7 Å². The predicted octanol–water partition coefficient (Wildman–Crippen LogP) is 2.94. The van der Waals surface area contributed by atoms with Crippen molar-refractivity contribution in [2.45, 2.75) is 12.5 Å². The lowest BCUT2D eigenvalue weighted by Gasteiger charge is -2.07. The van der Waals surface area contributed by atoms with Crippen LogP contribution in [0, 0.1) is 0 Å². The molecule has 1 atom stereocenters. The van der Waals surface area contributed by atoms with Crippen LogP contribution in [-0.2, 0) is 0 Å². The number of fused-ring (bicyclic) bond motifs is 1. The van der Waals surface area contributed by atoms with Crippen LogP contribution in [0.2, 0.25) is 5.02 Å². The van der Waals surface area contributed by atoms with E-state index in [4.69, 9.17) is 22.4 Å². The molecule has 0 bridgehead atoms. The molecule has 0 spiro atoms. The Balaban J connectivity index is 2.48. The molecule has 0 aliphatic carbocycles. The first kappa shape index (κ1) is 10.9. The molecule has 1 aromatic carbocycles. The van der Waals surface area contributed by atoms with Gasteiger partial charge < -0.3 is 10.8 Å². The van der Waals surface area contributed by atoms with E-state index in [-0.39, 0.29) is 12.6 Å². The molecule has 0 radical (unpaired) electrons. The zero-order valence-electron chi connectivity index (χ0n) is 8.11. The lowest BCUT2D eigenvalue weighted by atomic mass is 10.1. The summed E-state index contributed by atoms with van der Waals surface area (Å²) in [5.74, 6) is 0. The predicted molar refractivity (Wildman–Crippen MR) is 65.5 cm³/mol. The SMILES string of the molecule is NC(CCO)c1sc2ccccc2c1Cl. The molecule has 1 heterocycles. The van der Waals surface area contributed by atoms with Gasteiger partial charge in [0.25, 0.3) is 0 Å². The van der Waals surface area contributed by atoms with Crippen molar-refractivity contribution in [2.24, 2.45) is 5.73 Å². The third-order valence-corrected chi connectivity index (χ3v) is 4.16. The average Bonchev–Trinajstić information content (AvgIpc) is 2.57. The van der Waals surface area contributed by atoms with E-state index >= 15 is 0 Å². The Morgan fingerprint density at radius 1 is 1.40 bits per heavy atom. The Hall–Kier alpha value is -0.610. The first-order chi connectivity index (χ1) is 7.24. The van der Waals surface area contributed by atoms with Gasteiger partial charge in [-0.1, -0.05) is 29.8 Å². The van der Waals surface area contributed by atoms with E-state index < -0.39 is 0 Å². The van der Waals surface area contributed by atoms with Gasteiger partial charge in [-0.15, -0.1) is 11.3 Å². The number of hydrogen-bond acceptors (Lipinski definition) is 3. The maximum absolute atomic E-state index is 8.85. The van der Waals surface area contributed by atoms with Crippen LogP contribution in [0.25, 0.3) is 10.1 Å². The zero-order valence-corrected chi connectivity index (χ0v) is 9.68. The summed E-state index contributed by atoms with van der Waals surface area (Å²) in [6.07, 6.45) is 0.548. The number of rotatable bonds is 3. The molecule has 1 unspecified atom stereocenters. The van der Waals surface area contributed by atoms with Crippen LogP contribution in [0.5, 0.6) is 0 Å². The van der Waals surface area contributed by atoms with Gasteiger partial charge in [-0.3, -0.25) is 0 Å². The highest BCUT2D eigenvalue weighted by Gasteiger charge is 2.15. The van der Waals surface area contributed by atoms with Gasteiger partial charge in [-0.2, -0.15) is 0 Å². The zero-order chi connectivity index (χ0) is 10.8. The van der Waals surface area contributed by atoms with Crippen molar-refractivity contribution < 1.29 is 5.11 Å². The first-order valence-electron chi connectivity index (χ1n) is 4.77. The minimum absolute atomic E-state index is 0.0890. The summed E-state index contributed by atoms with van der Waals surface area (Å²) in [5, 5.41) is 10.6. The second kappa shape index (κ2) is 4.49. The molecular weight excluding hydrogens is 230 g/mol. The smallest absolute Gasteiger partial charge is 0.0639 e. The van der Waals surface area contributed by atoms with Crippen molar-refractivity contribution in [1.29, 1.82) is 0 Å². The minimum atomic E-state index is -0.167. The molecule has 2 nitrogen and oxygen atoms in total. The van der Waals surface area contributed by atoms with Crippen molar-refractivity contribution in [1.82, 2.24) is 0 Å². The molecule has 3 N–H and O–H groups in total. The normalized spacial score (nSPS) is 13.3. The van der Waals surface area contributed by atoms with Crippen molar-refractivity contribution in [3.05, 3.63) is 34.2 Å². The summed E-state index contributed by atoms with van der Waals surface area (Å²) in [7, 11) is 0.